The van der Waals surface area contributed by atoms with Crippen molar-refractivity contribution in [2.45, 2.75) is 11.3 Å². The van der Waals surface area contributed by atoms with Crippen molar-refractivity contribution in [2.24, 2.45) is 0 Å². The average molecular weight is 328 g/mol. The summed E-state index contributed by atoms with van der Waals surface area (Å²) in [4.78, 5) is 11.7. The van der Waals surface area contributed by atoms with Crippen LogP contribution in [0.3, 0.4) is 0 Å². The van der Waals surface area contributed by atoms with Gasteiger partial charge in [-0.3, -0.25) is 4.79 Å². The lowest BCUT2D eigenvalue weighted by Gasteiger charge is -2.07. The molecule has 0 aromatic heterocycles. The zero-order chi connectivity index (χ0) is 15.5. The van der Waals surface area contributed by atoms with Crippen LogP contribution in [0, 0.1) is 5.82 Å². The van der Waals surface area contributed by atoms with E-state index in [1.54, 1.807) is 0 Å². The molecule has 0 fully saturated rings. The molecule has 0 aliphatic heterocycles. The largest absolute Gasteiger partial charge is 0.274 e. The lowest BCUT2D eigenvalue weighted by molar-refractivity contribution is -0.118. The Hall–Kier alpha value is -1.92. The molecule has 21 heavy (non-hydrogen) atoms. The SMILES string of the molecule is O=C(Cc1ccc(F)cc1)NS(=O)(=O)c1ccc(Cl)cc1. The zero-order valence-electron chi connectivity index (χ0n) is 10.7. The highest BCUT2D eigenvalue weighted by molar-refractivity contribution is 7.90. The third kappa shape index (κ3) is 4.27. The van der Waals surface area contributed by atoms with Gasteiger partial charge in [0.05, 0.1) is 11.3 Å². The fourth-order valence-corrected chi connectivity index (χ4v) is 2.76. The minimum atomic E-state index is -3.94. The normalized spacial score (nSPS) is 11.1. The Morgan fingerprint density at radius 3 is 2.19 bits per heavy atom. The van der Waals surface area contributed by atoms with Crippen LogP contribution < -0.4 is 4.72 Å². The summed E-state index contributed by atoms with van der Waals surface area (Å²) in [5, 5.41) is 0.395. The highest BCUT2D eigenvalue weighted by Crippen LogP contribution is 2.14. The van der Waals surface area contributed by atoms with E-state index in [0.717, 1.165) is 0 Å². The maximum atomic E-state index is 12.7. The topological polar surface area (TPSA) is 63.2 Å². The summed E-state index contributed by atoms with van der Waals surface area (Å²) >= 11 is 5.67. The molecule has 1 amide bonds. The summed E-state index contributed by atoms with van der Waals surface area (Å²) in [5.74, 6) is -1.12. The van der Waals surface area contributed by atoms with Crippen LogP contribution in [0.25, 0.3) is 0 Å². The van der Waals surface area contributed by atoms with E-state index in [1.165, 1.54) is 48.5 Å². The number of benzene rings is 2. The van der Waals surface area contributed by atoms with Crippen LogP contribution in [0.4, 0.5) is 4.39 Å². The molecule has 0 bridgehead atoms. The summed E-state index contributed by atoms with van der Waals surface area (Å²) in [6.45, 7) is 0. The smallest absolute Gasteiger partial charge is 0.264 e. The number of hydrogen-bond donors (Lipinski definition) is 1. The third-order valence-corrected chi connectivity index (χ3v) is 4.29. The van der Waals surface area contributed by atoms with Crippen molar-refractivity contribution < 1.29 is 17.6 Å². The molecule has 0 heterocycles. The van der Waals surface area contributed by atoms with E-state index in [9.17, 15) is 17.6 Å². The molecule has 0 spiro atoms. The van der Waals surface area contributed by atoms with Gasteiger partial charge in [-0.1, -0.05) is 23.7 Å². The lowest BCUT2D eigenvalue weighted by Crippen LogP contribution is -2.31. The van der Waals surface area contributed by atoms with E-state index in [-0.39, 0.29) is 11.3 Å². The van der Waals surface area contributed by atoms with Crippen molar-refractivity contribution in [3.8, 4) is 0 Å². The van der Waals surface area contributed by atoms with Crippen molar-refractivity contribution >= 4 is 27.5 Å². The predicted molar refractivity (Wildman–Crippen MR) is 76.9 cm³/mol. The minimum Gasteiger partial charge on any atom is -0.274 e. The van der Waals surface area contributed by atoms with Gasteiger partial charge in [0.25, 0.3) is 10.0 Å². The number of hydrogen-bond acceptors (Lipinski definition) is 3. The number of sulfonamides is 1. The maximum Gasteiger partial charge on any atom is 0.264 e. The van der Waals surface area contributed by atoms with E-state index in [0.29, 0.717) is 10.6 Å². The van der Waals surface area contributed by atoms with Crippen molar-refractivity contribution in [3.05, 3.63) is 64.9 Å². The fraction of sp³-hybridized carbons (Fsp3) is 0.0714. The molecule has 0 radical (unpaired) electrons. The molecule has 0 unspecified atom stereocenters. The van der Waals surface area contributed by atoms with Gasteiger partial charge in [0.2, 0.25) is 5.91 Å². The van der Waals surface area contributed by atoms with Crippen molar-refractivity contribution in [1.82, 2.24) is 4.72 Å². The molecule has 4 nitrogen and oxygen atoms in total. The zero-order valence-corrected chi connectivity index (χ0v) is 12.3. The Labute approximate surface area is 126 Å². The quantitative estimate of drug-likeness (QED) is 0.938. The van der Waals surface area contributed by atoms with Crippen LogP contribution in [0.5, 0.6) is 0 Å². The molecule has 0 aliphatic carbocycles. The summed E-state index contributed by atoms with van der Waals surface area (Å²) in [6.07, 6.45) is -0.160. The van der Waals surface area contributed by atoms with Crippen LogP contribution >= 0.6 is 11.6 Å². The predicted octanol–water partition coefficient (Wildman–Crippen LogP) is 2.53. The van der Waals surface area contributed by atoms with E-state index in [1.807, 2.05) is 4.72 Å². The van der Waals surface area contributed by atoms with Gasteiger partial charge < -0.3 is 0 Å². The summed E-state index contributed by atoms with van der Waals surface area (Å²) in [5.41, 5.74) is 0.514. The molecule has 0 saturated heterocycles. The molecule has 0 atom stereocenters. The molecule has 0 aliphatic rings. The van der Waals surface area contributed by atoms with Gasteiger partial charge in [0, 0.05) is 5.02 Å². The number of amides is 1. The van der Waals surface area contributed by atoms with Gasteiger partial charge in [-0.2, -0.15) is 0 Å². The second-order valence-corrected chi connectivity index (χ2v) is 6.40. The minimum absolute atomic E-state index is 0.0562. The number of carbonyl (C=O) groups excluding carboxylic acids is 1. The van der Waals surface area contributed by atoms with Crippen molar-refractivity contribution in [3.63, 3.8) is 0 Å². The first-order chi connectivity index (χ1) is 9.87. The standard InChI is InChI=1S/C14H11ClFNO3S/c15-11-3-7-13(8-4-11)21(19,20)17-14(18)9-10-1-5-12(16)6-2-10/h1-8H,9H2,(H,17,18). The Kier molecular flexibility index (Phi) is 4.59. The molecule has 7 heteroatoms. The van der Waals surface area contributed by atoms with Crippen molar-refractivity contribution in [1.29, 1.82) is 0 Å². The Bertz CT molecular complexity index is 743. The molecule has 110 valence electrons. The second kappa shape index (κ2) is 6.24. The Morgan fingerprint density at radius 1 is 1.05 bits per heavy atom. The number of nitrogens with one attached hydrogen (secondary N) is 1. The average Bonchev–Trinajstić information content (AvgIpc) is 2.41. The second-order valence-electron chi connectivity index (χ2n) is 4.29. The maximum absolute atomic E-state index is 12.7. The number of halogens is 2. The van der Waals surface area contributed by atoms with E-state index in [2.05, 4.69) is 0 Å². The lowest BCUT2D eigenvalue weighted by atomic mass is 10.1. The van der Waals surface area contributed by atoms with Crippen LogP contribution in [0.1, 0.15) is 5.56 Å². The first kappa shape index (κ1) is 15.5. The first-order valence-corrected chi connectivity index (χ1v) is 7.78. The van der Waals surface area contributed by atoms with Gasteiger partial charge in [-0.15, -0.1) is 0 Å². The summed E-state index contributed by atoms with van der Waals surface area (Å²) in [7, 11) is -3.94. The fourth-order valence-electron chi connectivity index (χ4n) is 1.65. The number of carbonyl (C=O) groups is 1. The molecular formula is C14H11ClFNO3S. The Morgan fingerprint density at radius 2 is 1.62 bits per heavy atom. The molecular weight excluding hydrogens is 317 g/mol. The molecule has 2 aromatic rings. The van der Waals surface area contributed by atoms with Gasteiger partial charge in [-0.25, -0.2) is 17.5 Å². The van der Waals surface area contributed by atoms with Gasteiger partial charge >= 0.3 is 0 Å². The summed E-state index contributed by atoms with van der Waals surface area (Å²) < 4.78 is 38.6. The van der Waals surface area contributed by atoms with Crippen LogP contribution in [-0.4, -0.2) is 14.3 Å². The van der Waals surface area contributed by atoms with Crippen LogP contribution in [0.2, 0.25) is 5.02 Å². The molecule has 2 aromatic carbocycles. The molecule has 1 N–H and O–H groups in total. The van der Waals surface area contributed by atoms with Crippen molar-refractivity contribution in [2.75, 3.05) is 0 Å². The first-order valence-electron chi connectivity index (χ1n) is 5.92. The van der Waals surface area contributed by atoms with E-state index >= 15 is 0 Å². The van der Waals surface area contributed by atoms with Gasteiger partial charge in [-0.05, 0) is 42.0 Å². The van der Waals surface area contributed by atoms with Gasteiger partial charge in [0.15, 0.2) is 0 Å². The summed E-state index contributed by atoms with van der Waals surface area (Å²) in [6, 6.07) is 10.7. The highest BCUT2D eigenvalue weighted by Gasteiger charge is 2.17. The highest BCUT2D eigenvalue weighted by atomic mass is 35.5. The van der Waals surface area contributed by atoms with Crippen LogP contribution in [-0.2, 0) is 21.2 Å². The number of rotatable bonds is 4. The van der Waals surface area contributed by atoms with Gasteiger partial charge in [0.1, 0.15) is 5.82 Å². The van der Waals surface area contributed by atoms with E-state index in [4.69, 9.17) is 11.6 Å². The molecule has 2 rings (SSSR count). The monoisotopic (exact) mass is 327 g/mol. The van der Waals surface area contributed by atoms with Crippen LogP contribution in [0.15, 0.2) is 53.4 Å². The third-order valence-electron chi connectivity index (χ3n) is 2.65. The molecule has 0 saturated carbocycles. The Balaban J connectivity index is 2.07. The van der Waals surface area contributed by atoms with E-state index < -0.39 is 21.7 Å².